The van der Waals surface area contributed by atoms with Crippen molar-refractivity contribution in [3.05, 3.63) is 71.8 Å². The molecule has 6 heteroatoms. The Bertz CT molecular complexity index is 747. The predicted molar refractivity (Wildman–Crippen MR) is 87.8 cm³/mol. The number of amides is 5. The molecule has 1 N–H and O–H groups in total. The number of nitrogens with one attached hydrogen (secondary N) is 1. The second-order valence-corrected chi connectivity index (χ2v) is 5.50. The lowest BCUT2D eigenvalue weighted by Crippen LogP contribution is -2.44. The van der Waals surface area contributed by atoms with Crippen molar-refractivity contribution < 1.29 is 14.4 Å². The monoisotopic (exact) mass is 323 g/mol. The van der Waals surface area contributed by atoms with Crippen LogP contribution in [0.2, 0.25) is 0 Å². The number of imide groups is 3. The normalized spacial score (nSPS) is 14.2. The van der Waals surface area contributed by atoms with Crippen molar-refractivity contribution in [2.45, 2.75) is 13.1 Å². The third kappa shape index (κ3) is 3.43. The molecule has 0 bridgehead atoms. The van der Waals surface area contributed by atoms with Crippen LogP contribution in [-0.4, -0.2) is 34.3 Å². The Hall–Kier alpha value is -3.15. The van der Waals surface area contributed by atoms with Crippen LogP contribution >= 0.6 is 0 Å². The van der Waals surface area contributed by atoms with E-state index in [1.807, 2.05) is 60.7 Å². The average molecular weight is 323 g/mol. The summed E-state index contributed by atoms with van der Waals surface area (Å²) in [7, 11) is 0. The van der Waals surface area contributed by atoms with Crippen LogP contribution in [0.15, 0.2) is 60.7 Å². The standard InChI is InChI=1S/C18H17N3O3/c22-16-13-20(12-15-9-5-2-6-10-15)18(24)21(16)17(23)19-11-14-7-3-1-4-8-14/h1-10H,11-13H2,(H,19,23). The van der Waals surface area contributed by atoms with Crippen molar-refractivity contribution >= 4 is 18.0 Å². The van der Waals surface area contributed by atoms with Gasteiger partial charge in [0.1, 0.15) is 6.54 Å². The highest BCUT2D eigenvalue weighted by molar-refractivity contribution is 6.14. The maximum atomic E-state index is 12.3. The fourth-order valence-electron chi connectivity index (χ4n) is 2.53. The Morgan fingerprint density at radius 1 is 0.917 bits per heavy atom. The molecule has 0 radical (unpaired) electrons. The first-order chi connectivity index (χ1) is 11.6. The molecule has 1 aliphatic rings. The third-order valence-electron chi connectivity index (χ3n) is 3.74. The summed E-state index contributed by atoms with van der Waals surface area (Å²) >= 11 is 0. The second-order valence-electron chi connectivity index (χ2n) is 5.50. The van der Waals surface area contributed by atoms with E-state index in [0.29, 0.717) is 11.4 Å². The maximum Gasteiger partial charge on any atom is 0.335 e. The molecule has 6 nitrogen and oxygen atoms in total. The molecule has 0 aromatic heterocycles. The first kappa shape index (κ1) is 15.7. The molecule has 3 rings (SSSR count). The highest BCUT2D eigenvalue weighted by atomic mass is 16.2. The minimum Gasteiger partial charge on any atom is -0.333 e. The molecule has 0 saturated carbocycles. The lowest BCUT2D eigenvalue weighted by atomic mass is 10.2. The molecule has 1 fully saturated rings. The Labute approximate surface area is 139 Å². The van der Waals surface area contributed by atoms with Gasteiger partial charge in [0.05, 0.1) is 0 Å². The van der Waals surface area contributed by atoms with E-state index in [0.717, 1.165) is 11.1 Å². The van der Waals surface area contributed by atoms with E-state index >= 15 is 0 Å². The summed E-state index contributed by atoms with van der Waals surface area (Å²) in [5.74, 6) is -0.513. The number of carbonyl (C=O) groups excluding carboxylic acids is 3. The van der Waals surface area contributed by atoms with Crippen LogP contribution < -0.4 is 5.32 Å². The minimum atomic E-state index is -0.690. The van der Waals surface area contributed by atoms with Gasteiger partial charge >= 0.3 is 12.1 Å². The van der Waals surface area contributed by atoms with E-state index in [4.69, 9.17) is 0 Å². The van der Waals surface area contributed by atoms with E-state index in [1.165, 1.54) is 4.90 Å². The van der Waals surface area contributed by atoms with Crippen molar-refractivity contribution in [3.8, 4) is 0 Å². The van der Waals surface area contributed by atoms with E-state index in [-0.39, 0.29) is 13.1 Å². The van der Waals surface area contributed by atoms with Gasteiger partial charge in [0.25, 0.3) is 5.91 Å². The molecule has 122 valence electrons. The number of nitrogens with zero attached hydrogens (tertiary/aromatic N) is 2. The fraction of sp³-hybridized carbons (Fsp3) is 0.167. The van der Waals surface area contributed by atoms with E-state index < -0.39 is 18.0 Å². The Morgan fingerprint density at radius 3 is 2.12 bits per heavy atom. The van der Waals surface area contributed by atoms with Crippen LogP contribution in [0, 0.1) is 0 Å². The van der Waals surface area contributed by atoms with Gasteiger partial charge in [-0.2, -0.15) is 4.90 Å². The Kier molecular flexibility index (Phi) is 4.56. The zero-order chi connectivity index (χ0) is 16.9. The van der Waals surface area contributed by atoms with Crippen LogP contribution in [0.25, 0.3) is 0 Å². The summed E-state index contributed by atoms with van der Waals surface area (Å²) in [4.78, 5) is 38.6. The largest absolute Gasteiger partial charge is 0.335 e. The molecule has 0 unspecified atom stereocenters. The number of rotatable bonds is 4. The quantitative estimate of drug-likeness (QED) is 0.878. The first-order valence-electron chi connectivity index (χ1n) is 7.62. The van der Waals surface area contributed by atoms with Gasteiger partial charge < -0.3 is 10.2 Å². The second kappa shape index (κ2) is 6.95. The predicted octanol–water partition coefficient (Wildman–Crippen LogP) is 2.36. The van der Waals surface area contributed by atoms with Crippen molar-refractivity contribution in [2.24, 2.45) is 0 Å². The Morgan fingerprint density at radius 2 is 1.50 bits per heavy atom. The molecule has 0 aliphatic carbocycles. The summed E-state index contributed by atoms with van der Waals surface area (Å²) in [6, 6.07) is 17.4. The van der Waals surface area contributed by atoms with Crippen LogP contribution in [0.1, 0.15) is 11.1 Å². The molecule has 24 heavy (non-hydrogen) atoms. The lowest BCUT2D eigenvalue weighted by Gasteiger charge is -2.16. The molecule has 1 saturated heterocycles. The van der Waals surface area contributed by atoms with Gasteiger partial charge in [-0.25, -0.2) is 9.59 Å². The van der Waals surface area contributed by atoms with Crippen molar-refractivity contribution in [1.82, 2.24) is 15.1 Å². The van der Waals surface area contributed by atoms with Gasteiger partial charge in [0.15, 0.2) is 0 Å². The van der Waals surface area contributed by atoms with Crippen molar-refractivity contribution in [2.75, 3.05) is 6.54 Å². The van der Waals surface area contributed by atoms with Crippen LogP contribution in [-0.2, 0) is 17.9 Å². The third-order valence-corrected chi connectivity index (χ3v) is 3.74. The van der Waals surface area contributed by atoms with Crippen LogP contribution in [0.3, 0.4) is 0 Å². The molecule has 5 amide bonds. The van der Waals surface area contributed by atoms with Gasteiger partial charge in [-0.15, -0.1) is 0 Å². The molecule has 2 aromatic carbocycles. The molecule has 0 atom stereocenters. The summed E-state index contributed by atoms with van der Waals surface area (Å²) in [6.45, 7) is 0.468. The number of hydrogen-bond donors (Lipinski definition) is 1. The summed E-state index contributed by atoms with van der Waals surface area (Å²) in [5.41, 5.74) is 1.80. The molecule has 1 heterocycles. The van der Waals surface area contributed by atoms with Gasteiger partial charge in [0, 0.05) is 13.1 Å². The topological polar surface area (TPSA) is 69.7 Å². The highest BCUT2D eigenvalue weighted by Crippen LogP contribution is 2.14. The molecule has 1 aliphatic heterocycles. The van der Waals surface area contributed by atoms with Crippen molar-refractivity contribution in [1.29, 1.82) is 0 Å². The molecular weight excluding hydrogens is 306 g/mol. The fourth-order valence-corrected chi connectivity index (χ4v) is 2.53. The maximum absolute atomic E-state index is 12.3. The average Bonchev–Trinajstić information content (AvgIpc) is 2.88. The van der Waals surface area contributed by atoms with E-state index in [9.17, 15) is 14.4 Å². The number of benzene rings is 2. The number of urea groups is 2. The van der Waals surface area contributed by atoms with E-state index in [2.05, 4.69) is 5.32 Å². The first-order valence-corrected chi connectivity index (χ1v) is 7.62. The summed E-state index contributed by atoms with van der Waals surface area (Å²) in [5, 5.41) is 2.60. The van der Waals surface area contributed by atoms with Gasteiger partial charge in [0.2, 0.25) is 0 Å². The highest BCUT2D eigenvalue weighted by Gasteiger charge is 2.40. The minimum absolute atomic E-state index is 0.0908. The van der Waals surface area contributed by atoms with Gasteiger partial charge in [-0.05, 0) is 11.1 Å². The SMILES string of the molecule is O=C1CN(Cc2ccccc2)C(=O)N1C(=O)NCc1ccccc1. The van der Waals surface area contributed by atoms with Crippen LogP contribution in [0.5, 0.6) is 0 Å². The van der Waals surface area contributed by atoms with Crippen LogP contribution in [0.4, 0.5) is 9.59 Å². The Balaban J connectivity index is 1.62. The smallest absolute Gasteiger partial charge is 0.333 e. The lowest BCUT2D eigenvalue weighted by molar-refractivity contribution is -0.123. The number of carbonyl (C=O) groups is 3. The zero-order valence-electron chi connectivity index (χ0n) is 13.0. The van der Waals surface area contributed by atoms with Crippen molar-refractivity contribution in [3.63, 3.8) is 0 Å². The summed E-state index contributed by atoms with van der Waals surface area (Å²) < 4.78 is 0. The summed E-state index contributed by atoms with van der Waals surface area (Å²) in [6.07, 6.45) is 0. The molecular formula is C18H17N3O3. The van der Waals surface area contributed by atoms with E-state index in [1.54, 1.807) is 0 Å². The van der Waals surface area contributed by atoms with Gasteiger partial charge in [-0.3, -0.25) is 4.79 Å². The molecule has 0 spiro atoms. The number of hydrogen-bond acceptors (Lipinski definition) is 3. The zero-order valence-corrected chi connectivity index (χ0v) is 13.0. The molecule has 2 aromatic rings. The van der Waals surface area contributed by atoms with Gasteiger partial charge in [-0.1, -0.05) is 60.7 Å².